The first kappa shape index (κ1) is 31.0. The highest BCUT2D eigenvalue weighted by Crippen LogP contribution is 2.54. The molecule has 2 aromatic carbocycles. The van der Waals surface area contributed by atoms with Crippen molar-refractivity contribution in [2.45, 2.75) is 51.9 Å². The first-order valence-corrected chi connectivity index (χ1v) is 13.4. The summed E-state index contributed by atoms with van der Waals surface area (Å²) in [5.41, 5.74) is 1.17. The molecule has 2 amide bonds. The zero-order chi connectivity index (χ0) is 30.8. The Morgan fingerprint density at radius 1 is 1.05 bits per heavy atom. The number of hydrogen-bond donors (Lipinski definition) is 3. The summed E-state index contributed by atoms with van der Waals surface area (Å²) in [5, 5.41) is 14.3. The summed E-state index contributed by atoms with van der Waals surface area (Å²) in [6.45, 7) is 3.91. The zero-order valence-corrected chi connectivity index (χ0v) is 23.3. The van der Waals surface area contributed by atoms with Gasteiger partial charge in [-0.25, -0.2) is 4.39 Å². The van der Waals surface area contributed by atoms with Gasteiger partial charge in [0.15, 0.2) is 0 Å². The van der Waals surface area contributed by atoms with Gasteiger partial charge < -0.3 is 25.2 Å². The standard InChI is InChI=1S/C30H32F4N2O6/c1-15(2)25-18-6-7-19(25)27(26(18)29(40)35-17-5-8-22(31)21(13-17)30(32,33)34)36-28(39)20-12-16(4-9-23(20)41-3)14-42-11-10-24(37)38/h4-5,8-9,12-13,18-19,26-27H,6-7,10-11,14H2,1-3H3,(H,35,40)(H,36,39)(H,37,38)/t18?,19?,26-,27+/m0/s1. The van der Waals surface area contributed by atoms with Gasteiger partial charge in [-0.05, 0) is 68.5 Å². The molecular formula is C30H32F4N2O6. The molecule has 2 bridgehead atoms. The average Bonchev–Trinajstić information content (AvgIpc) is 3.48. The Morgan fingerprint density at radius 3 is 2.40 bits per heavy atom. The molecule has 0 aliphatic heterocycles. The van der Waals surface area contributed by atoms with E-state index in [9.17, 15) is 31.9 Å². The van der Waals surface area contributed by atoms with Gasteiger partial charge in [0.05, 0.1) is 43.8 Å². The van der Waals surface area contributed by atoms with Crippen LogP contribution in [-0.2, 0) is 27.1 Å². The van der Waals surface area contributed by atoms with Crippen LogP contribution in [0.15, 0.2) is 47.5 Å². The predicted octanol–water partition coefficient (Wildman–Crippen LogP) is 5.57. The molecule has 2 aliphatic rings. The van der Waals surface area contributed by atoms with Crippen LogP contribution in [0.2, 0.25) is 0 Å². The number of amides is 2. The van der Waals surface area contributed by atoms with Crippen molar-refractivity contribution >= 4 is 23.5 Å². The lowest BCUT2D eigenvalue weighted by atomic mass is 9.83. The number of alkyl halides is 3. The zero-order valence-electron chi connectivity index (χ0n) is 23.3. The van der Waals surface area contributed by atoms with Crippen molar-refractivity contribution in [3.63, 3.8) is 0 Å². The number of benzene rings is 2. The molecule has 3 N–H and O–H groups in total. The molecule has 12 heteroatoms. The largest absolute Gasteiger partial charge is 0.496 e. The summed E-state index contributed by atoms with van der Waals surface area (Å²) in [6, 6.07) is 6.47. The van der Waals surface area contributed by atoms with Crippen LogP contribution in [0.4, 0.5) is 23.2 Å². The minimum Gasteiger partial charge on any atom is -0.496 e. The second-order valence-corrected chi connectivity index (χ2v) is 10.7. The van der Waals surface area contributed by atoms with Crippen LogP contribution >= 0.6 is 0 Å². The molecule has 2 aromatic rings. The third-order valence-electron chi connectivity index (χ3n) is 7.80. The third kappa shape index (κ3) is 6.59. The van der Waals surface area contributed by atoms with E-state index in [4.69, 9.17) is 14.6 Å². The normalized spacial score (nSPS) is 21.3. The van der Waals surface area contributed by atoms with Gasteiger partial charge in [0, 0.05) is 17.6 Å². The molecule has 0 heterocycles. The molecule has 2 aliphatic carbocycles. The van der Waals surface area contributed by atoms with Crippen LogP contribution in [0.5, 0.6) is 5.75 Å². The number of hydrogen-bond acceptors (Lipinski definition) is 5. The summed E-state index contributed by atoms with van der Waals surface area (Å²) in [4.78, 5) is 37.9. The molecule has 8 nitrogen and oxygen atoms in total. The Kier molecular flexibility index (Phi) is 9.24. The SMILES string of the molecule is COc1ccc(COCCC(=O)O)cc1C(=O)N[C@@H]1C2CCC(C2=C(C)C)[C@@H]1C(=O)Nc1ccc(F)c(C(F)(F)F)c1. The number of allylic oxidation sites excluding steroid dienone is 1. The Hall–Kier alpha value is -3.93. The second kappa shape index (κ2) is 12.5. The van der Waals surface area contributed by atoms with E-state index in [0.29, 0.717) is 24.1 Å². The average molecular weight is 593 g/mol. The molecule has 0 saturated heterocycles. The molecule has 2 unspecified atom stereocenters. The number of anilines is 1. The van der Waals surface area contributed by atoms with Crippen molar-refractivity contribution in [2.75, 3.05) is 19.0 Å². The van der Waals surface area contributed by atoms with Gasteiger partial charge in [-0.2, -0.15) is 13.2 Å². The van der Waals surface area contributed by atoms with Crippen LogP contribution in [0.1, 0.15) is 54.6 Å². The fourth-order valence-corrected chi connectivity index (χ4v) is 6.12. The number of carboxylic acids is 1. The van der Waals surface area contributed by atoms with E-state index in [1.54, 1.807) is 18.2 Å². The summed E-state index contributed by atoms with van der Waals surface area (Å²) in [5.74, 6) is -4.38. The summed E-state index contributed by atoms with van der Waals surface area (Å²) < 4.78 is 64.4. The van der Waals surface area contributed by atoms with Gasteiger partial charge in [-0.1, -0.05) is 17.2 Å². The highest BCUT2D eigenvalue weighted by molar-refractivity contribution is 5.99. The first-order valence-electron chi connectivity index (χ1n) is 13.4. The van der Waals surface area contributed by atoms with Crippen molar-refractivity contribution < 1.29 is 46.5 Å². The summed E-state index contributed by atoms with van der Waals surface area (Å²) >= 11 is 0. The Labute approximate surface area is 240 Å². The second-order valence-electron chi connectivity index (χ2n) is 10.7. The fraction of sp³-hybridized carbons (Fsp3) is 0.433. The maximum atomic E-state index is 13.8. The highest BCUT2D eigenvalue weighted by Gasteiger charge is 2.55. The predicted molar refractivity (Wildman–Crippen MR) is 144 cm³/mol. The number of carbonyl (C=O) groups is 3. The van der Waals surface area contributed by atoms with Crippen molar-refractivity contribution in [3.05, 3.63) is 70.1 Å². The Balaban J connectivity index is 1.58. The van der Waals surface area contributed by atoms with Gasteiger partial charge in [-0.15, -0.1) is 0 Å². The molecule has 4 atom stereocenters. The van der Waals surface area contributed by atoms with Crippen molar-refractivity contribution in [3.8, 4) is 5.75 Å². The Morgan fingerprint density at radius 2 is 1.76 bits per heavy atom. The number of nitrogens with one attached hydrogen (secondary N) is 2. The van der Waals surface area contributed by atoms with Crippen LogP contribution in [0.25, 0.3) is 0 Å². The number of aliphatic carboxylic acids is 1. The van der Waals surface area contributed by atoms with Gasteiger partial charge in [0.25, 0.3) is 5.91 Å². The minimum atomic E-state index is -4.93. The number of fused-ring (bicyclic) bond motifs is 2. The van der Waals surface area contributed by atoms with Crippen LogP contribution in [-0.4, -0.2) is 42.6 Å². The third-order valence-corrected chi connectivity index (χ3v) is 7.80. The molecule has 226 valence electrons. The maximum Gasteiger partial charge on any atom is 0.419 e. The van der Waals surface area contributed by atoms with Crippen LogP contribution in [0, 0.1) is 23.6 Å². The van der Waals surface area contributed by atoms with E-state index in [1.807, 2.05) is 13.8 Å². The van der Waals surface area contributed by atoms with Gasteiger partial charge in [-0.3, -0.25) is 14.4 Å². The van der Waals surface area contributed by atoms with Gasteiger partial charge >= 0.3 is 12.1 Å². The smallest absolute Gasteiger partial charge is 0.419 e. The molecule has 0 radical (unpaired) electrons. The van der Waals surface area contributed by atoms with E-state index >= 15 is 0 Å². The fourth-order valence-electron chi connectivity index (χ4n) is 6.12. The Bertz CT molecular complexity index is 1400. The lowest BCUT2D eigenvalue weighted by molar-refractivity contribution is -0.140. The lowest BCUT2D eigenvalue weighted by Gasteiger charge is -2.30. The van der Waals surface area contributed by atoms with E-state index in [1.165, 1.54) is 7.11 Å². The summed E-state index contributed by atoms with van der Waals surface area (Å²) in [7, 11) is 1.40. The van der Waals surface area contributed by atoms with E-state index in [0.717, 1.165) is 23.6 Å². The number of ether oxygens (including phenoxy) is 2. The monoisotopic (exact) mass is 592 g/mol. The van der Waals surface area contributed by atoms with E-state index in [2.05, 4.69) is 10.6 Å². The lowest BCUT2D eigenvalue weighted by Crippen LogP contribution is -2.48. The number of methoxy groups -OCH3 is 1. The number of rotatable bonds is 10. The van der Waals surface area contributed by atoms with Crippen molar-refractivity contribution in [1.29, 1.82) is 0 Å². The van der Waals surface area contributed by atoms with Crippen molar-refractivity contribution in [1.82, 2.24) is 5.32 Å². The molecule has 42 heavy (non-hydrogen) atoms. The molecule has 0 spiro atoms. The maximum absolute atomic E-state index is 13.8. The topological polar surface area (TPSA) is 114 Å². The van der Waals surface area contributed by atoms with E-state index < -0.39 is 47.3 Å². The first-order chi connectivity index (χ1) is 19.8. The van der Waals surface area contributed by atoms with E-state index in [-0.39, 0.29) is 48.5 Å². The van der Waals surface area contributed by atoms with Gasteiger partial charge in [0.2, 0.25) is 5.91 Å². The number of carbonyl (C=O) groups excluding carboxylic acids is 2. The molecular weight excluding hydrogens is 560 g/mol. The van der Waals surface area contributed by atoms with Gasteiger partial charge in [0.1, 0.15) is 11.6 Å². The molecule has 4 rings (SSSR count). The highest BCUT2D eigenvalue weighted by atomic mass is 19.4. The minimum absolute atomic E-state index is 0.00513. The molecule has 2 saturated carbocycles. The van der Waals surface area contributed by atoms with Crippen molar-refractivity contribution in [2.24, 2.45) is 17.8 Å². The quantitative estimate of drug-likeness (QED) is 0.189. The number of halogens is 4. The van der Waals surface area contributed by atoms with Crippen LogP contribution in [0.3, 0.4) is 0 Å². The molecule has 0 aromatic heterocycles. The number of carboxylic acid groups (broad SMARTS) is 1. The van der Waals surface area contributed by atoms with Crippen LogP contribution < -0.4 is 15.4 Å². The summed E-state index contributed by atoms with van der Waals surface area (Å²) in [6.07, 6.45) is -3.69. The molecule has 2 fully saturated rings.